The largest absolute Gasteiger partial charge is 0.507 e. The Hall–Kier alpha value is -1.22. The van der Waals surface area contributed by atoms with Crippen LogP contribution in [-0.4, -0.2) is 17.3 Å². The van der Waals surface area contributed by atoms with Crippen LogP contribution in [0.25, 0.3) is 0 Å². The Labute approximate surface area is 77.6 Å². The number of phenols is 1. The van der Waals surface area contributed by atoms with E-state index in [-0.39, 0.29) is 12.4 Å². The second-order valence-corrected chi connectivity index (χ2v) is 3.01. The van der Waals surface area contributed by atoms with E-state index in [4.69, 9.17) is 9.84 Å². The Morgan fingerprint density at radius 3 is 2.46 bits per heavy atom. The molecule has 0 aliphatic carbocycles. The van der Waals surface area contributed by atoms with E-state index in [2.05, 4.69) is 0 Å². The van der Waals surface area contributed by atoms with Gasteiger partial charge in [-0.25, -0.2) is 0 Å². The van der Waals surface area contributed by atoms with Gasteiger partial charge in [0.2, 0.25) is 0 Å². The molecule has 0 saturated carbocycles. The quantitative estimate of drug-likeness (QED) is 0.728. The standard InChI is InChI=1S/C10H14O3/c1-6-4-9(13-3)7(2)10(12)8(6)5-11/h4,11-12H,5H2,1-3H3. The van der Waals surface area contributed by atoms with Gasteiger partial charge >= 0.3 is 0 Å². The molecule has 0 fully saturated rings. The van der Waals surface area contributed by atoms with Crippen molar-refractivity contribution in [1.29, 1.82) is 0 Å². The number of methoxy groups -OCH3 is 1. The van der Waals surface area contributed by atoms with Crippen LogP contribution < -0.4 is 4.74 Å². The number of hydrogen-bond donors (Lipinski definition) is 2. The van der Waals surface area contributed by atoms with Crippen LogP contribution >= 0.6 is 0 Å². The van der Waals surface area contributed by atoms with Gasteiger partial charge in [0.15, 0.2) is 0 Å². The summed E-state index contributed by atoms with van der Waals surface area (Å²) in [5.41, 5.74) is 2.07. The number of aryl methyl sites for hydroxylation is 1. The molecular weight excluding hydrogens is 168 g/mol. The number of rotatable bonds is 2. The third kappa shape index (κ3) is 1.60. The first kappa shape index (κ1) is 9.86. The molecule has 72 valence electrons. The highest BCUT2D eigenvalue weighted by molar-refractivity contribution is 5.52. The normalized spacial score (nSPS) is 10.2. The van der Waals surface area contributed by atoms with Crippen LogP contribution in [0.2, 0.25) is 0 Å². The van der Waals surface area contributed by atoms with E-state index in [0.29, 0.717) is 16.9 Å². The van der Waals surface area contributed by atoms with Crippen LogP contribution in [0.5, 0.6) is 11.5 Å². The highest BCUT2D eigenvalue weighted by Gasteiger charge is 2.11. The second-order valence-electron chi connectivity index (χ2n) is 3.01. The SMILES string of the molecule is COc1cc(C)c(CO)c(O)c1C. The van der Waals surface area contributed by atoms with Gasteiger partial charge in [-0.15, -0.1) is 0 Å². The summed E-state index contributed by atoms with van der Waals surface area (Å²) in [4.78, 5) is 0. The maximum atomic E-state index is 9.65. The van der Waals surface area contributed by atoms with Gasteiger partial charge < -0.3 is 14.9 Å². The molecule has 0 aromatic heterocycles. The van der Waals surface area contributed by atoms with Crippen LogP contribution in [0.4, 0.5) is 0 Å². The van der Waals surface area contributed by atoms with Gasteiger partial charge in [-0.2, -0.15) is 0 Å². The van der Waals surface area contributed by atoms with Gasteiger partial charge in [-0.1, -0.05) is 0 Å². The van der Waals surface area contributed by atoms with Crippen LogP contribution in [-0.2, 0) is 6.61 Å². The van der Waals surface area contributed by atoms with E-state index < -0.39 is 0 Å². The van der Waals surface area contributed by atoms with Crippen molar-refractivity contribution < 1.29 is 14.9 Å². The molecule has 0 aliphatic heterocycles. The van der Waals surface area contributed by atoms with Crippen LogP contribution in [0.15, 0.2) is 6.07 Å². The summed E-state index contributed by atoms with van der Waals surface area (Å²) in [6.45, 7) is 3.43. The summed E-state index contributed by atoms with van der Waals surface area (Å²) in [7, 11) is 1.56. The zero-order chi connectivity index (χ0) is 10.0. The van der Waals surface area contributed by atoms with E-state index >= 15 is 0 Å². The van der Waals surface area contributed by atoms with Crippen molar-refractivity contribution >= 4 is 0 Å². The van der Waals surface area contributed by atoms with Crippen LogP contribution in [0.1, 0.15) is 16.7 Å². The fraction of sp³-hybridized carbons (Fsp3) is 0.400. The van der Waals surface area contributed by atoms with E-state index in [1.54, 1.807) is 20.1 Å². The molecule has 0 bridgehead atoms. The highest BCUT2D eigenvalue weighted by atomic mass is 16.5. The lowest BCUT2D eigenvalue weighted by Gasteiger charge is -2.12. The first-order chi connectivity index (χ1) is 6.11. The summed E-state index contributed by atoms with van der Waals surface area (Å²) in [5.74, 6) is 0.770. The highest BCUT2D eigenvalue weighted by Crippen LogP contribution is 2.32. The first-order valence-electron chi connectivity index (χ1n) is 4.08. The minimum absolute atomic E-state index is 0.124. The Balaban J connectivity index is 3.37. The van der Waals surface area contributed by atoms with Gasteiger partial charge in [0.25, 0.3) is 0 Å². The van der Waals surface area contributed by atoms with Crippen LogP contribution in [0.3, 0.4) is 0 Å². The van der Waals surface area contributed by atoms with E-state index in [1.165, 1.54) is 0 Å². The van der Waals surface area contributed by atoms with Crippen molar-refractivity contribution in [3.63, 3.8) is 0 Å². The Morgan fingerprint density at radius 1 is 1.38 bits per heavy atom. The summed E-state index contributed by atoms with van der Waals surface area (Å²) in [6, 6.07) is 1.81. The zero-order valence-electron chi connectivity index (χ0n) is 8.09. The maximum Gasteiger partial charge on any atom is 0.127 e. The van der Waals surface area contributed by atoms with E-state index in [1.807, 2.05) is 6.92 Å². The predicted octanol–water partition coefficient (Wildman–Crippen LogP) is 1.51. The third-order valence-corrected chi connectivity index (χ3v) is 2.21. The van der Waals surface area contributed by atoms with Gasteiger partial charge in [-0.3, -0.25) is 0 Å². The van der Waals surface area contributed by atoms with Gasteiger partial charge in [-0.05, 0) is 25.5 Å². The lowest BCUT2D eigenvalue weighted by atomic mass is 10.0. The molecule has 0 amide bonds. The molecule has 3 heteroatoms. The number of aliphatic hydroxyl groups excluding tert-OH is 1. The van der Waals surface area contributed by atoms with Crippen LogP contribution in [0, 0.1) is 13.8 Å². The zero-order valence-corrected chi connectivity index (χ0v) is 8.09. The number of benzene rings is 1. The Kier molecular flexibility index (Phi) is 2.78. The van der Waals surface area contributed by atoms with Crippen molar-refractivity contribution in [3.8, 4) is 11.5 Å². The minimum Gasteiger partial charge on any atom is -0.507 e. The molecule has 1 aromatic rings. The summed E-state index contributed by atoms with van der Waals surface area (Å²) < 4.78 is 5.06. The molecule has 0 saturated heterocycles. The fourth-order valence-electron chi connectivity index (χ4n) is 1.33. The molecule has 0 atom stereocenters. The molecule has 1 aromatic carbocycles. The molecule has 0 spiro atoms. The number of ether oxygens (including phenoxy) is 1. The summed E-state index contributed by atoms with van der Waals surface area (Å²) in [5, 5.41) is 18.6. The molecule has 2 N–H and O–H groups in total. The summed E-state index contributed by atoms with van der Waals surface area (Å²) in [6.07, 6.45) is 0. The van der Waals surface area contributed by atoms with Gasteiger partial charge in [0.1, 0.15) is 11.5 Å². The smallest absolute Gasteiger partial charge is 0.127 e. The maximum absolute atomic E-state index is 9.65. The summed E-state index contributed by atoms with van der Waals surface area (Å²) >= 11 is 0. The molecule has 13 heavy (non-hydrogen) atoms. The Bertz CT molecular complexity index is 318. The molecule has 0 heterocycles. The van der Waals surface area contributed by atoms with Crippen molar-refractivity contribution in [2.45, 2.75) is 20.5 Å². The molecule has 0 unspecified atom stereocenters. The van der Waals surface area contributed by atoms with Crippen molar-refractivity contribution in [2.24, 2.45) is 0 Å². The lowest BCUT2D eigenvalue weighted by Crippen LogP contribution is -1.95. The molecule has 0 radical (unpaired) electrons. The second kappa shape index (κ2) is 3.66. The van der Waals surface area contributed by atoms with E-state index in [0.717, 1.165) is 5.56 Å². The lowest BCUT2D eigenvalue weighted by molar-refractivity contribution is 0.273. The van der Waals surface area contributed by atoms with Crippen molar-refractivity contribution in [2.75, 3.05) is 7.11 Å². The van der Waals surface area contributed by atoms with Gasteiger partial charge in [0, 0.05) is 11.1 Å². The number of aliphatic hydroxyl groups is 1. The van der Waals surface area contributed by atoms with Crippen molar-refractivity contribution in [1.82, 2.24) is 0 Å². The number of hydrogen-bond acceptors (Lipinski definition) is 3. The first-order valence-corrected chi connectivity index (χ1v) is 4.08. The Morgan fingerprint density at radius 2 is 2.00 bits per heavy atom. The molecular formula is C10H14O3. The van der Waals surface area contributed by atoms with Crippen molar-refractivity contribution in [3.05, 3.63) is 22.8 Å². The molecule has 0 aliphatic rings. The predicted molar refractivity (Wildman–Crippen MR) is 50.1 cm³/mol. The van der Waals surface area contributed by atoms with E-state index in [9.17, 15) is 5.11 Å². The minimum atomic E-state index is -0.150. The third-order valence-electron chi connectivity index (χ3n) is 2.21. The average molecular weight is 182 g/mol. The average Bonchev–Trinajstić information content (AvgIpc) is 2.12. The monoisotopic (exact) mass is 182 g/mol. The number of aromatic hydroxyl groups is 1. The molecule has 3 nitrogen and oxygen atoms in total. The molecule has 1 rings (SSSR count). The van der Waals surface area contributed by atoms with Gasteiger partial charge in [0.05, 0.1) is 13.7 Å². The fourth-order valence-corrected chi connectivity index (χ4v) is 1.33. The topological polar surface area (TPSA) is 49.7 Å².